The van der Waals surface area contributed by atoms with E-state index >= 15 is 0 Å². The minimum atomic E-state index is -0.609. The van der Waals surface area contributed by atoms with Crippen LogP contribution in [0, 0.1) is 17.7 Å². The molecular weight excluding hydrogens is 269 g/mol. The number of rotatable bonds is 3. The minimum absolute atomic E-state index is 0.0165. The Kier molecular flexibility index (Phi) is 5.02. The highest BCUT2D eigenvalue weighted by Gasteiger charge is 2.11. The molecule has 0 atom stereocenters. The van der Waals surface area contributed by atoms with Crippen molar-refractivity contribution >= 4 is 5.91 Å². The molecule has 1 aromatic carbocycles. The summed E-state index contributed by atoms with van der Waals surface area (Å²) in [5.74, 6) is 4.26. The van der Waals surface area contributed by atoms with Gasteiger partial charge in [0.25, 0.3) is 5.91 Å². The fraction of sp³-hybridized carbons (Fsp3) is 0.125. The zero-order valence-electron chi connectivity index (χ0n) is 11.3. The molecule has 2 aromatic rings. The first-order valence-corrected chi connectivity index (χ1v) is 6.36. The molecule has 3 N–H and O–H groups in total. The molecule has 5 heteroatoms. The van der Waals surface area contributed by atoms with E-state index in [4.69, 9.17) is 5.73 Å². The smallest absolute Gasteiger partial charge is 0.254 e. The summed E-state index contributed by atoms with van der Waals surface area (Å²) < 4.78 is 13.9. The lowest BCUT2D eigenvalue weighted by atomic mass is 10.1. The lowest BCUT2D eigenvalue weighted by Crippen LogP contribution is -2.23. The molecule has 0 unspecified atom stereocenters. The molecule has 1 amide bonds. The highest BCUT2D eigenvalue weighted by atomic mass is 19.1. The maximum absolute atomic E-state index is 13.9. The van der Waals surface area contributed by atoms with Crippen LogP contribution in [0.5, 0.6) is 0 Å². The summed E-state index contributed by atoms with van der Waals surface area (Å²) in [6, 6.07) is 7.82. The predicted octanol–water partition coefficient (Wildman–Crippen LogP) is 1.46. The van der Waals surface area contributed by atoms with Gasteiger partial charge in [0.05, 0.1) is 12.1 Å². The molecule has 2 rings (SSSR count). The number of hydrogen-bond acceptors (Lipinski definition) is 3. The fourth-order valence-electron chi connectivity index (χ4n) is 1.71. The molecular formula is C16H14FN3O. The van der Waals surface area contributed by atoms with Crippen LogP contribution in [0.3, 0.4) is 0 Å². The van der Waals surface area contributed by atoms with Gasteiger partial charge in [0.15, 0.2) is 0 Å². The summed E-state index contributed by atoms with van der Waals surface area (Å²) in [6.07, 6.45) is 3.29. The van der Waals surface area contributed by atoms with Gasteiger partial charge in [-0.15, -0.1) is 0 Å². The molecule has 0 spiro atoms. The Balaban J connectivity index is 2.05. The number of pyridine rings is 1. The van der Waals surface area contributed by atoms with Crippen LogP contribution in [-0.4, -0.2) is 17.4 Å². The van der Waals surface area contributed by atoms with Crippen molar-refractivity contribution in [1.82, 2.24) is 10.3 Å². The third-order valence-electron chi connectivity index (χ3n) is 2.72. The Morgan fingerprint density at radius 2 is 2.24 bits per heavy atom. The maximum Gasteiger partial charge on any atom is 0.254 e. The first-order valence-electron chi connectivity index (χ1n) is 6.36. The topological polar surface area (TPSA) is 68.0 Å². The zero-order chi connectivity index (χ0) is 15.1. The third kappa shape index (κ3) is 4.13. The van der Waals surface area contributed by atoms with Gasteiger partial charge >= 0.3 is 0 Å². The predicted molar refractivity (Wildman–Crippen MR) is 77.7 cm³/mol. The van der Waals surface area contributed by atoms with Crippen molar-refractivity contribution in [2.75, 3.05) is 6.54 Å². The summed E-state index contributed by atoms with van der Waals surface area (Å²) in [7, 11) is 0. The molecule has 106 valence electrons. The van der Waals surface area contributed by atoms with Crippen molar-refractivity contribution in [2.24, 2.45) is 5.73 Å². The largest absolute Gasteiger partial charge is 0.348 e. The molecule has 0 saturated carbocycles. The molecule has 0 aliphatic carbocycles. The van der Waals surface area contributed by atoms with Crippen molar-refractivity contribution in [3.63, 3.8) is 0 Å². The number of nitrogens with zero attached hydrogens (tertiary/aromatic N) is 1. The van der Waals surface area contributed by atoms with Crippen LogP contribution in [0.4, 0.5) is 4.39 Å². The van der Waals surface area contributed by atoms with Crippen LogP contribution < -0.4 is 11.1 Å². The molecule has 0 fully saturated rings. The van der Waals surface area contributed by atoms with E-state index in [9.17, 15) is 9.18 Å². The van der Waals surface area contributed by atoms with Gasteiger partial charge in [-0.05, 0) is 29.8 Å². The number of carbonyl (C=O) groups excluding carboxylic acids is 1. The molecule has 0 aliphatic rings. The lowest BCUT2D eigenvalue weighted by molar-refractivity contribution is 0.0947. The highest BCUT2D eigenvalue weighted by Crippen LogP contribution is 2.10. The molecule has 1 aromatic heterocycles. The van der Waals surface area contributed by atoms with Crippen LogP contribution in [0.2, 0.25) is 0 Å². The van der Waals surface area contributed by atoms with Crippen molar-refractivity contribution < 1.29 is 9.18 Å². The highest BCUT2D eigenvalue weighted by molar-refractivity contribution is 5.94. The standard InChI is InChI=1S/C16H14FN3O/c17-15-9-12(3-1-7-18)5-6-14(15)16(21)20-11-13-4-2-8-19-10-13/h2,4-6,8-10H,7,11,18H2,(H,20,21). The van der Waals surface area contributed by atoms with Crippen LogP contribution in [0.25, 0.3) is 0 Å². The van der Waals surface area contributed by atoms with Gasteiger partial charge in [0, 0.05) is 24.5 Å². The summed E-state index contributed by atoms with van der Waals surface area (Å²) >= 11 is 0. The zero-order valence-corrected chi connectivity index (χ0v) is 11.3. The number of nitrogens with one attached hydrogen (secondary N) is 1. The number of hydrogen-bond donors (Lipinski definition) is 2. The first-order chi connectivity index (χ1) is 10.2. The van der Waals surface area contributed by atoms with Gasteiger partial charge in [-0.3, -0.25) is 9.78 Å². The normalized spacial score (nSPS) is 9.62. The average molecular weight is 283 g/mol. The maximum atomic E-state index is 13.9. The Bertz CT molecular complexity index is 690. The van der Waals surface area contributed by atoms with E-state index in [0.717, 1.165) is 5.56 Å². The van der Waals surface area contributed by atoms with Gasteiger partial charge in [0.2, 0.25) is 0 Å². The molecule has 21 heavy (non-hydrogen) atoms. The fourth-order valence-corrected chi connectivity index (χ4v) is 1.71. The number of halogens is 1. The number of nitrogens with two attached hydrogens (primary N) is 1. The summed E-state index contributed by atoms with van der Waals surface area (Å²) in [5.41, 5.74) is 6.57. The Morgan fingerprint density at radius 3 is 2.90 bits per heavy atom. The molecule has 0 aliphatic heterocycles. The Labute approximate surface area is 122 Å². The van der Waals surface area contributed by atoms with Crippen LogP contribution in [0.1, 0.15) is 21.5 Å². The van der Waals surface area contributed by atoms with Gasteiger partial charge in [-0.25, -0.2) is 4.39 Å². The summed E-state index contributed by atoms with van der Waals surface area (Å²) in [4.78, 5) is 15.9. The lowest BCUT2D eigenvalue weighted by Gasteiger charge is -2.06. The number of amides is 1. The van der Waals surface area contributed by atoms with Crippen LogP contribution in [-0.2, 0) is 6.54 Å². The number of carbonyl (C=O) groups is 1. The summed E-state index contributed by atoms with van der Waals surface area (Å²) in [6.45, 7) is 0.496. The molecule has 0 bridgehead atoms. The van der Waals surface area contributed by atoms with Crippen molar-refractivity contribution in [1.29, 1.82) is 0 Å². The second-order valence-electron chi connectivity index (χ2n) is 4.24. The van der Waals surface area contributed by atoms with E-state index in [-0.39, 0.29) is 12.1 Å². The van der Waals surface area contributed by atoms with Crippen molar-refractivity contribution in [3.8, 4) is 11.8 Å². The van der Waals surface area contributed by atoms with E-state index in [1.54, 1.807) is 24.5 Å². The molecule has 1 heterocycles. The first kappa shape index (κ1) is 14.7. The van der Waals surface area contributed by atoms with Gasteiger partial charge < -0.3 is 11.1 Å². The van der Waals surface area contributed by atoms with E-state index in [2.05, 4.69) is 22.1 Å². The van der Waals surface area contributed by atoms with E-state index in [0.29, 0.717) is 12.1 Å². The van der Waals surface area contributed by atoms with Crippen LogP contribution >= 0.6 is 0 Å². The number of benzene rings is 1. The second-order valence-corrected chi connectivity index (χ2v) is 4.24. The SMILES string of the molecule is NCC#Cc1ccc(C(=O)NCc2cccnc2)c(F)c1. The van der Waals surface area contributed by atoms with Crippen molar-refractivity contribution in [2.45, 2.75) is 6.54 Å². The molecule has 4 nitrogen and oxygen atoms in total. The van der Waals surface area contributed by atoms with Crippen molar-refractivity contribution in [3.05, 3.63) is 65.2 Å². The van der Waals surface area contributed by atoms with Gasteiger partial charge in [0.1, 0.15) is 5.82 Å². The Morgan fingerprint density at radius 1 is 1.38 bits per heavy atom. The van der Waals surface area contributed by atoms with Gasteiger partial charge in [-0.2, -0.15) is 0 Å². The van der Waals surface area contributed by atoms with E-state index in [1.807, 2.05) is 6.07 Å². The molecule has 0 radical (unpaired) electrons. The summed E-state index contributed by atoms with van der Waals surface area (Å²) in [5, 5.41) is 2.64. The second kappa shape index (κ2) is 7.17. The minimum Gasteiger partial charge on any atom is -0.348 e. The third-order valence-corrected chi connectivity index (χ3v) is 2.72. The van der Waals surface area contributed by atoms with Gasteiger partial charge in [-0.1, -0.05) is 17.9 Å². The average Bonchev–Trinajstić information content (AvgIpc) is 2.51. The quantitative estimate of drug-likeness (QED) is 0.838. The number of aromatic nitrogens is 1. The monoisotopic (exact) mass is 283 g/mol. The Hall–Kier alpha value is -2.71. The van der Waals surface area contributed by atoms with E-state index in [1.165, 1.54) is 12.1 Å². The van der Waals surface area contributed by atoms with E-state index < -0.39 is 11.7 Å². The van der Waals surface area contributed by atoms with Crippen LogP contribution in [0.15, 0.2) is 42.7 Å². The molecule has 0 saturated heterocycles.